The second kappa shape index (κ2) is 11.2. The summed E-state index contributed by atoms with van der Waals surface area (Å²) in [6.45, 7) is 4.23. The van der Waals surface area contributed by atoms with E-state index in [4.69, 9.17) is 23.7 Å². The minimum Gasteiger partial charge on any atom is -0.463 e. The van der Waals surface area contributed by atoms with Crippen LogP contribution in [0.1, 0.15) is 38.1 Å². The molecule has 1 aromatic carbocycles. The number of hydrogen-bond acceptors (Lipinski definition) is 10. The molecule has 0 spiro atoms. The van der Waals surface area contributed by atoms with Crippen LogP contribution < -0.4 is 5.32 Å². The molecule has 1 fully saturated rings. The van der Waals surface area contributed by atoms with Crippen molar-refractivity contribution in [2.24, 2.45) is 0 Å². The number of nitrogens with one attached hydrogen (secondary N) is 1. The molecular weight excluding hydrogens is 426 g/mol. The predicted octanol–water partition coefficient (Wildman–Crippen LogP) is 0.499. The van der Waals surface area contributed by atoms with Crippen LogP contribution in [0.3, 0.4) is 0 Å². The summed E-state index contributed by atoms with van der Waals surface area (Å²) < 4.78 is 26.8. The van der Waals surface area contributed by atoms with Crippen LogP contribution in [0.4, 0.5) is 0 Å². The summed E-state index contributed by atoms with van der Waals surface area (Å²) in [4.78, 5) is 59.3. The number of ether oxygens (including phenoxy) is 5. The fourth-order valence-corrected chi connectivity index (χ4v) is 3.14. The van der Waals surface area contributed by atoms with Crippen LogP contribution in [-0.2, 0) is 42.9 Å². The minimum absolute atomic E-state index is 0.209. The van der Waals surface area contributed by atoms with Gasteiger partial charge in [-0.25, -0.2) is 4.79 Å². The van der Waals surface area contributed by atoms with Crippen LogP contribution in [0.25, 0.3) is 0 Å². The van der Waals surface area contributed by atoms with Crippen LogP contribution >= 0.6 is 0 Å². The van der Waals surface area contributed by atoms with Gasteiger partial charge in [0.05, 0.1) is 5.56 Å². The van der Waals surface area contributed by atoms with E-state index in [1.54, 1.807) is 18.2 Å². The first kappa shape index (κ1) is 24.8. The third kappa shape index (κ3) is 7.05. The minimum atomic E-state index is -1.46. The van der Waals surface area contributed by atoms with Crippen LogP contribution in [0, 0.1) is 0 Å². The summed E-state index contributed by atoms with van der Waals surface area (Å²) in [6, 6.07) is 6.78. The van der Waals surface area contributed by atoms with Crippen LogP contribution in [0.2, 0.25) is 0 Å². The van der Waals surface area contributed by atoms with Crippen molar-refractivity contribution in [1.82, 2.24) is 5.32 Å². The average Bonchev–Trinajstić information content (AvgIpc) is 2.70. The molecule has 5 atom stereocenters. The lowest BCUT2D eigenvalue weighted by molar-refractivity contribution is -0.263. The highest BCUT2D eigenvalue weighted by atomic mass is 16.7. The summed E-state index contributed by atoms with van der Waals surface area (Å²) in [7, 11) is 0. The molecule has 11 nitrogen and oxygen atoms in total. The first-order chi connectivity index (χ1) is 15.1. The van der Waals surface area contributed by atoms with E-state index in [2.05, 4.69) is 5.32 Å². The largest absolute Gasteiger partial charge is 0.463 e. The van der Waals surface area contributed by atoms with E-state index in [0.29, 0.717) is 0 Å². The average molecular weight is 451 g/mol. The fraction of sp³-hybridized carbons (Fsp3) is 0.476. The number of amides is 1. The van der Waals surface area contributed by atoms with Gasteiger partial charge >= 0.3 is 23.9 Å². The molecule has 0 radical (unpaired) electrons. The molecule has 0 bridgehead atoms. The molecule has 0 aromatic heterocycles. The first-order valence-electron chi connectivity index (χ1n) is 9.75. The van der Waals surface area contributed by atoms with Crippen molar-refractivity contribution in [3.63, 3.8) is 0 Å². The van der Waals surface area contributed by atoms with E-state index < -0.39 is 67.0 Å². The zero-order valence-electron chi connectivity index (χ0n) is 18.1. The van der Waals surface area contributed by atoms with E-state index in [-0.39, 0.29) is 5.56 Å². The molecule has 11 heteroatoms. The standard InChI is InChI=1S/C21H25NO10/c1-11(23)22-17-19(30-14(4)26)18(29-13(3)25)16(10-28-12(2)24)31-21(17)32-20(27)15-8-6-5-7-9-15/h5-9,16-19,21H,10H2,1-4H3,(H,22,23)/t16-,17+,18+,19-,21+/m1/s1. The van der Waals surface area contributed by atoms with Crippen molar-refractivity contribution in [2.45, 2.75) is 58.3 Å². The molecule has 1 heterocycles. The molecule has 2 rings (SSSR count). The Balaban J connectivity index is 2.42. The zero-order chi connectivity index (χ0) is 23.8. The molecule has 1 amide bonds. The molecule has 1 N–H and O–H groups in total. The van der Waals surface area contributed by atoms with Gasteiger partial charge in [0.1, 0.15) is 18.8 Å². The molecular formula is C21H25NO10. The van der Waals surface area contributed by atoms with Crippen molar-refractivity contribution < 1.29 is 47.7 Å². The molecule has 0 aliphatic carbocycles. The maximum Gasteiger partial charge on any atom is 0.340 e. The van der Waals surface area contributed by atoms with Gasteiger partial charge in [-0.1, -0.05) is 18.2 Å². The fourth-order valence-electron chi connectivity index (χ4n) is 3.14. The maximum absolute atomic E-state index is 12.6. The lowest BCUT2D eigenvalue weighted by Gasteiger charge is -2.44. The van der Waals surface area contributed by atoms with E-state index in [0.717, 1.165) is 13.8 Å². The Morgan fingerprint density at radius 1 is 0.844 bits per heavy atom. The predicted molar refractivity (Wildman–Crippen MR) is 106 cm³/mol. The van der Waals surface area contributed by atoms with Gasteiger partial charge in [-0.05, 0) is 12.1 Å². The van der Waals surface area contributed by atoms with Gasteiger partial charge < -0.3 is 29.0 Å². The number of benzene rings is 1. The van der Waals surface area contributed by atoms with Crippen LogP contribution in [-0.4, -0.2) is 67.0 Å². The summed E-state index contributed by atoms with van der Waals surface area (Å²) in [5.74, 6) is -3.43. The zero-order valence-corrected chi connectivity index (χ0v) is 18.1. The second-order valence-corrected chi connectivity index (χ2v) is 6.99. The first-order valence-corrected chi connectivity index (χ1v) is 9.75. The van der Waals surface area contributed by atoms with Crippen molar-refractivity contribution in [1.29, 1.82) is 0 Å². The topological polar surface area (TPSA) is 144 Å². The Labute approximate surface area is 184 Å². The lowest BCUT2D eigenvalue weighted by Crippen LogP contribution is -2.66. The van der Waals surface area contributed by atoms with Gasteiger partial charge in [-0.15, -0.1) is 0 Å². The van der Waals surface area contributed by atoms with Gasteiger partial charge in [0.15, 0.2) is 12.2 Å². The Kier molecular flexibility index (Phi) is 8.71. The highest BCUT2D eigenvalue weighted by Crippen LogP contribution is 2.28. The number of rotatable bonds is 7. The summed E-state index contributed by atoms with van der Waals surface area (Å²) in [6.07, 6.45) is -5.18. The van der Waals surface area contributed by atoms with Gasteiger partial charge in [0.25, 0.3) is 0 Å². The smallest absolute Gasteiger partial charge is 0.340 e. The van der Waals surface area contributed by atoms with E-state index >= 15 is 0 Å². The SMILES string of the molecule is CC(=O)N[C@@H]1[C@H](OC(=O)c2ccccc2)O[C@H](COC(C)=O)[C@H](OC(C)=O)[C@@H]1OC(C)=O. The van der Waals surface area contributed by atoms with Crippen molar-refractivity contribution >= 4 is 29.8 Å². The number of esters is 4. The summed E-state index contributed by atoms with van der Waals surface area (Å²) in [5, 5.41) is 2.52. The highest BCUT2D eigenvalue weighted by Gasteiger charge is 2.52. The third-order valence-electron chi connectivity index (χ3n) is 4.30. The van der Waals surface area contributed by atoms with Crippen LogP contribution in [0.5, 0.6) is 0 Å². The van der Waals surface area contributed by atoms with E-state index in [1.165, 1.54) is 26.0 Å². The molecule has 1 aromatic rings. The van der Waals surface area contributed by atoms with Gasteiger partial charge in [-0.3, -0.25) is 19.2 Å². The maximum atomic E-state index is 12.6. The van der Waals surface area contributed by atoms with Crippen molar-refractivity contribution in [3.8, 4) is 0 Å². The number of carbonyl (C=O) groups excluding carboxylic acids is 5. The Hall–Kier alpha value is -3.47. The van der Waals surface area contributed by atoms with Crippen molar-refractivity contribution in [2.75, 3.05) is 6.61 Å². The monoisotopic (exact) mass is 451 g/mol. The van der Waals surface area contributed by atoms with Crippen LogP contribution in [0.15, 0.2) is 30.3 Å². The molecule has 32 heavy (non-hydrogen) atoms. The van der Waals surface area contributed by atoms with Gasteiger partial charge in [0, 0.05) is 27.7 Å². The van der Waals surface area contributed by atoms with Gasteiger partial charge in [0.2, 0.25) is 12.2 Å². The molecule has 1 aliphatic heterocycles. The quantitative estimate of drug-likeness (QED) is 0.460. The Morgan fingerprint density at radius 3 is 1.97 bits per heavy atom. The normalized spacial score (nSPS) is 24.6. The summed E-state index contributed by atoms with van der Waals surface area (Å²) >= 11 is 0. The lowest BCUT2D eigenvalue weighted by atomic mass is 9.96. The van der Waals surface area contributed by atoms with E-state index in [9.17, 15) is 24.0 Å². The number of hydrogen-bond donors (Lipinski definition) is 1. The second-order valence-electron chi connectivity index (χ2n) is 6.99. The van der Waals surface area contributed by atoms with E-state index in [1.807, 2.05) is 0 Å². The third-order valence-corrected chi connectivity index (χ3v) is 4.30. The molecule has 174 valence electrons. The summed E-state index contributed by atoms with van der Waals surface area (Å²) in [5.41, 5.74) is 0.209. The van der Waals surface area contributed by atoms with Crippen molar-refractivity contribution in [3.05, 3.63) is 35.9 Å². The van der Waals surface area contributed by atoms with Gasteiger partial charge in [-0.2, -0.15) is 0 Å². The molecule has 0 unspecified atom stereocenters. The highest BCUT2D eigenvalue weighted by molar-refractivity contribution is 5.89. The number of carbonyl (C=O) groups is 5. The Bertz CT molecular complexity index is 855. The molecule has 1 saturated heterocycles. The molecule has 0 saturated carbocycles. The Morgan fingerprint density at radius 2 is 1.44 bits per heavy atom. The molecule has 1 aliphatic rings.